The quantitative estimate of drug-likeness (QED) is 0.440. The number of nitrogens with zero attached hydrogens (tertiary/aromatic N) is 1. The van der Waals surface area contributed by atoms with Gasteiger partial charge in [-0.05, 0) is 30.3 Å². The molecule has 0 saturated carbocycles. The van der Waals surface area contributed by atoms with Crippen LogP contribution in [0, 0.1) is 11.3 Å². The molecule has 0 fully saturated rings. The van der Waals surface area contributed by atoms with Crippen LogP contribution in [0.1, 0.15) is 0 Å². The molecular formula is C16H11Cl2N3O2. The number of rotatable bonds is 4. The van der Waals surface area contributed by atoms with Crippen molar-refractivity contribution in [2.24, 2.45) is 0 Å². The van der Waals surface area contributed by atoms with Gasteiger partial charge < -0.3 is 15.7 Å². The SMILES string of the molecule is N#C/C(=C/Nc1cc(Cl)ccc1O)C(=O)Nc1ccccc1Cl. The highest BCUT2D eigenvalue weighted by Gasteiger charge is 2.11. The van der Waals surface area contributed by atoms with Crippen LogP contribution in [-0.4, -0.2) is 11.0 Å². The van der Waals surface area contributed by atoms with E-state index in [1.807, 2.05) is 0 Å². The van der Waals surface area contributed by atoms with Crippen molar-refractivity contribution in [2.45, 2.75) is 0 Å². The number of halogens is 2. The third-order valence-corrected chi connectivity index (χ3v) is 3.38. The third kappa shape index (κ3) is 4.39. The molecule has 5 nitrogen and oxygen atoms in total. The summed E-state index contributed by atoms with van der Waals surface area (Å²) in [6.45, 7) is 0. The van der Waals surface area contributed by atoms with Gasteiger partial charge in [-0.25, -0.2) is 0 Å². The zero-order valence-electron chi connectivity index (χ0n) is 11.7. The zero-order chi connectivity index (χ0) is 16.8. The first-order chi connectivity index (χ1) is 11.0. The van der Waals surface area contributed by atoms with E-state index in [-0.39, 0.29) is 17.0 Å². The number of benzene rings is 2. The molecule has 23 heavy (non-hydrogen) atoms. The number of hydrogen-bond acceptors (Lipinski definition) is 4. The van der Waals surface area contributed by atoms with Crippen molar-refractivity contribution in [1.29, 1.82) is 5.26 Å². The number of nitrogens with one attached hydrogen (secondary N) is 2. The van der Waals surface area contributed by atoms with E-state index < -0.39 is 5.91 Å². The summed E-state index contributed by atoms with van der Waals surface area (Å²) < 4.78 is 0. The van der Waals surface area contributed by atoms with Crippen LogP contribution < -0.4 is 10.6 Å². The molecule has 0 aromatic heterocycles. The summed E-state index contributed by atoms with van der Waals surface area (Å²) >= 11 is 11.8. The first-order valence-corrected chi connectivity index (χ1v) is 7.18. The highest BCUT2D eigenvalue weighted by Crippen LogP contribution is 2.27. The lowest BCUT2D eigenvalue weighted by Gasteiger charge is -2.07. The van der Waals surface area contributed by atoms with Crippen molar-refractivity contribution in [3.05, 3.63) is 64.3 Å². The Labute approximate surface area is 142 Å². The van der Waals surface area contributed by atoms with E-state index in [1.165, 1.54) is 24.4 Å². The molecule has 0 unspecified atom stereocenters. The van der Waals surface area contributed by atoms with E-state index in [9.17, 15) is 9.90 Å². The molecule has 2 aromatic rings. The number of carbonyl (C=O) groups is 1. The largest absolute Gasteiger partial charge is 0.506 e. The molecule has 0 heterocycles. The molecule has 7 heteroatoms. The second-order valence-electron chi connectivity index (χ2n) is 4.41. The van der Waals surface area contributed by atoms with Gasteiger partial charge in [-0.2, -0.15) is 5.26 Å². The Bertz CT molecular complexity index is 813. The summed E-state index contributed by atoms with van der Waals surface area (Å²) in [6.07, 6.45) is 1.18. The lowest BCUT2D eigenvalue weighted by molar-refractivity contribution is -0.112. The lowest BCUT2D eigenvalue weighted by Crippen LogP contribution is -2.14. The fraction of sp³-hybridized carbons (Fsp3) is 0. The van der Waals surface area contributed by atoms with Crippen molar-refractivity contribution in [3.8, 4) is 11.8 Å². The van der Waals surface area contributed by atoms with Gasteiger partial charge in [-0.1, -0.05) is 35.3 Å². The summed E-state index contributed by atoms with van der Waals surface area (Å²) in [5.74, 6) is -0.691. The third-order valence-electron chi connectivity index (χ3n) is 2.82. The Balaban J connectivity index is 2.16. The van der Waals surface area contributed by atoms with Crippen LogP contribution in [0.25, 0.3) is 0 Å². The summed E-state index contributed by atoms with van der Waals surface area (Å²) in [5, 5.41) is 24.8. The number of nitriles is 1. The monoisotopic (exact) mass is 347 g/mol. The number of phenolic OH excluding ortho intramolecular Hbond substituents is 1. The Morgan fingerprint density at radius 3 is 2.61 bits per heavy atom. The second kappa shape index (κ2) is 7.54. The maximum atomic E-state index is 12.1. The van der Waals surface area contributed by atoms with Crippen molar-refractivity contribution in [1.82, 2.24) is 0 Å². The van der Waals surface area contributed by atoms with E-state index >= 15 is 0 Å². The van der Waals surface area contributed by atoms with Crippen LogP contribution in [0.4, 0.5) is 11.4 Å². The summed E-state index contributed by atoms with van der Waals surface area (Å²) in [7, 11) is 0. The van der Waals surface area contributed by atoms with Gasteiger partial charge in [0.25, 0.3) is 5.91 Å². The molecule has 0 spiro atoms. The topological polar surface area (TPSA) is 85.2 Å². The highest BCUT2D eigenvalue weighted by atomic mass is 35.5. The van der Waals surface area contributed by atoms with Crippen LogP contribution in [0.3, 0.4) is 0 Å². The maximum Gasteiger partial charge on any atom is 0.267 e. The zero-order valence-corrected chi connectivity index (χ0v) is 13.2. The van der Waals surface area contributed by atoms with Gasteiger partial charge in [0.1, 0.15) is 17.4 Å². The molecule has 0 aliphatic rings. The molecule has 0 atom stereocenters. The Hall–Kier alpha value is -2.68. The van der Waals surface area contributed by atoms with Gasteiger partial charge >= 0.3 is 0 Å². The molecule has 1 amide bonds. The number of para-hydroxylation sites is 1. The minimum Gasteiger partial charge on any atom is -0.506 e. The van der Waals surface area contributed by atoms with E-state index in [2.05, 4.69) is 10.6 Å². The Morgan fingerprint density at radius 1 is 1.17 bits per heavy atom. The molecule has 0 radical (unpaired) electrons. The molecule has 0 saturated heterocycles. The van der Waals surface area contributed by atoms with Gasteiger partial charge in [0.05, 0.1) is 16.4 Å². The van der Waals surface area contributed by atoms with Crippen LogP contribution in [0.15, 0.2) is 54.2 Å². The van der Waals surface area contributed by atoms with Gasteiger partial charge in [-0.15, -0.1) is 0 Å². The first-order valence-electron chi connectivity index (χ1n) is 6.42. The fourth-order valence-electron chi connectivity index (χ4n) is 1.67. The van der Waals surface area contributed by atoms with Gasteiger partial charge in [-0.3, -0.25) is 4.79 Å². The number of carbonyl (C=O) groups excluding carboxylic acids is 1. The smallest absolute Gasteiger partial charge is 0.267 e. The van der Waals surface area contributed by atoms with Crippen LogP contribution in [-0.2, 0) is 4.79 Å². The van der Waals surface area contributed by atoms with Crippen molar-refractivity contribution < 1.29 is 9.90 Å². The van der Waals surface area contributed by atoms with Crippen LogP contribution in [0.2, 0.25) is 10.0 Å². The molecule has 2 aromatic carbocycles. The van der Waals surface area contributed by atoms with Crippen LogP contribution >= 0.6 is 23.2 Å². The number of aromatic hydroxyl groups is 1. The summed E-state index contributed by atoms with van der Waals surface area (Å²) in [4.78, 5) is 12.1. The van der Waals surface area contributed by atoms with E-state index in [4.69, 9.17) is 28.5 Å². The van der Waals surface area contributed by atoms with E-state index in [0.717, 1.165) is 0 Å². The normalized spacial score (nSPS) is 10.7. The van der Waals surface area contributed by atoms with Crippen molar-refractivity contribution in [2.75, 3.05) is 10.6 Å². The average Bonchev–Trinajstić information content (AvgIpc) is 2.53. The summed E-state index contributed by atoms with van der Waals surface area (Å²) in [6, 6.07) is 12.8. The number of hydrogen-bond donors (Lipinski definition) is 3. The molecule has 0 aliphatic heterocycles. The fourth-order valence-corrected chi connectivity index (χ4v) is 2.03. The lowest BCUT2D eigenvalue weighted by atomic mass is 10.2. The maximum absolute atomic E-state index is 12.1. The minimum absolute atomic E-state index is 0.0607. The molecular weight excluding hydrogens is 337 g/mol. The van der Waals surface area contributed by atoms with Gasteiger partial charge in [0.2, 0.25) is 0 Å². The Kier molecular flexibility index (Phi) is 5.47. The van der Waals surface area contributed by atoms with Crippen molar-refractivity contribution >= 4 is 40.5 Å². The number of phenols is 1. The van der Waals surface area contributed by atoms with Gasteiger partial charge in [0, 0.05) is 11.2 Å². The highest BCUT2D eigenvalue weighted by molar-refractivity contribution is 6.34. The minimum atomic E-state index is -0.630. The average molecular weight is 348 g/mol. The molecule has 3 N–H and O–H groups in total. The first kappa shape index (κ1) is 16.7. The predicted molar refractivity (Wildman–Crippen MR) is 90.5 cm³/mol. The van der Waals surface area contributed by atoms with Crippen LogP contribution in [0.5, 0.6) is 5.75 Å². The Morgan fingerprint density at radius 2 is 1.91 bits per heavy atom. The number of anilines is 2. The predicted octanol–water partition coefficient (Wildman–Crippen LogP) is 4.16. The van der Waals surface area contributed by atoms with Crippen molar-refractivity contribution in [3.63, 3.8) is 0 Å². The number of amides is 1. The molecule has 2 rings (SSSR count). The second-order valence-corrected chi connectivity index (χ2v) is 5.25. The molecule has 0 bridgehead atoms. The van der Waals surface area contributed by atoms with Gasteiger partial charge in [0.15, 0.2) is 0 Å². The van der Waals surface area contributed by atoms with E-state index in [0.29, 0.717) is 15.7 Å². The standard InChI is InChI=1S/C16H11Cl2N3O2/c17-11-5-6-15(22)14(7-11)20-9-10(8-19)16(23)21-13-4-2-1-3-12(13)18/h1-7,9,20,22H,(H,21,23)/b10-9-. The molecule has 0 aliphatic carbocycles. The summed E-state index contributed by atoms with van der Waals surface area (Å²) in [5.41, 5.74) is 0.478. The molecule has 116 valence electrons. The van der Waals surface area contributed by atoms with E-state index in [1.54, 1.807) is 30.3 Å².